The summed E-state index contributed by atoms with van der Waals surface area (Å²) in [7, 11) is 2.26. The van der Waals surface area contributed by atoms with E-state index in [0.717, 1.165) is 14.2 Å². The van der Waals surface area contributed by atoms with Crippen LogP contribution in [0, 0.1) is 0 Å². The minimum atomic E-state index is -1.21. The van der Waals surface area contributed by atoms with Crippen molar-refractivity contribution in [2.45, 2.75) is 12.5 Å². The Morgan fingerprint density at radius 2 is 1.88 bits per heavy atom. The highest BCUT2D eigenvalue weighted by atomic mass is 16.6. The van der Waals surface area contributed by atoms with Crippen molar-refractivity contribution in [2.75, 3.05) is 27.4 Å². The van der Waals surface area contributed by atoms with E-state index in [9.17, 15) is 14.4 Å². The number of ether oxygens (including phenoxy) is 3. The van der Waals surface area contributed by atoms with E-state index in [-0.39, 0.29) is 19.6 Å². The predicted molar refractivity (Wildman–Crippen MR) is 54.0 cm³/mol. The number of methoxy groups -OCH3 is 2. The summed E-state index contributed by atoms with van der Waals surface area (Å²) < 4.78 is 13.2. The predicted octanol–water partition coefficient (Wildman–Crippen LogP) is -1.19. The average Bonchev–Trinajstić information content (AvgIpc) is 2.34. The lowest BCUT2D eigenvalue weighted by atomic mass is 10.2. The summed E-state index contributed by atoms with van der Waals surface area (Å²) in [6.45, 7) is -0.575. The van der Waals surface area contributed by atoms with Gasteiger partial charge in [-0.3, -0.25) is 4.79 Å². The maximum absolute atomic E-state index is 11.4. The molecule has 8 heteroatoms. The monoisotopic (exact) mass is 249 g/mol. The van der Waals surface area contributed by atoms with Crippen LogP contribution in [0.25, 0.3) is 0 Å². The molecule has 0 saturated carbocycles. The summed E-state index contributed by atoms with van der Waals surface area (Å²) in [6.07, 6.45) is -1.25. The molecule has 0 spiro atoms. The van der Waals surface area contributed by atoms with Crippen molar-refractivity contribution in [1.29, 1.82) is 0 Å². The molecule has 1 amide bonds. The zero-order chi connectivity index (χ0) is 13.3. The van der Waals surface area contributed by atoms with Gasteiger partial charge in [-0.05, 0) is 0 Å². The molecular weight excluding hydrogens is 234 g/mol. The standard InChI is InChI=1S/C9H15NO7/c1-15-7(12)5-6(10-9(14)16-2)8(13)17-4-3-11/h6,11H,3-5H2,1-2H3,(H,10,14)/t6-/m1/s1. The highest BCUT2D eigenvalue weighted by molar-refractivity contribution is 5.86. The molecule has 0 fully saturated rings. The molecular formula is C9H15NO7. The quantitative estimate of drug-likeness (QED) is 0.449. The van der Waals surface area contributed by atoms with Crippen LogP contribution in [0.1, 0.15) is 6.42 Å². The molecule has 0 aromatic carbocycles. The normalized spacial score (nSPS) is 11.2. The first-order valence-corrected chi connectivity index (χ1v) is 4.74. The van der Waals surface area contributed by atoms with Crippen molar-refractivity contribution in [2.24, 2.45) is 0 Å². The Labute approximate surface area is 97.8 Å². The number of nitrogens with one attached hydrogen (secondary N) is 1. The third kappa shape index (κ3) is 6.36. The van der Waals surface area contributed by atoms with Gasteiger partial charge in [0.15, 0.2) is 0 Å². The van der Waals surface area contributed by atoms with E-state index in [1.54, 1.807) is 0 Å². The number of amides is 1. The fraction of sp³-hybridized carbons (Fsp3) is 0.667. The summed E-state index contributed by atoms with van der Waals surface area (Å²) in [6, 6.07) is -1.21. The molecule has 17 heavy (non-hydrogen) atoms. The second-order valence-corrected chi connectivity index (χ2v) is 2.86. The minimum Gasteiger partial charge on any atom is -0.469 e. The third-order valence-electron chi connectivity index (χ3n) is 1.70. The van der Waals surface area contributed by atoms with Crippen molar-refractivity contribution >= 4 is 18.0 Å². The van der Waals surface area contributed by atoms with Crippen LogP contribution in [0.5, 0.6) is 0 Å². The maximum atomic E-state index is 11.4. The van der Waals surface area contributed by atoms with E-state index in [1.807, 2.05) is 0 Å². The number of esters is 2. The Morgan fingerprint density at radius 3 is 2.35 bits per heavy atom. The molecule has 0 aromatic heterocycles. The van der Waals surface area contributed by atoms with Crippen molar-refractivity contribution in [3.8, 4) is 0 Å². The fourth-order valence-electron chi connectivity index (χ4n) is 0.891. The molecule has 2 N–H and O–H groups in total. The summed E-state index contributed by atoms with van der Waals surface area (Å²) >= 11 is 0. The van der Waals surface area contributed by atoms with Crippen LogP contribution in [0.15, 0.2) is 0 Å². The average molecular weight is 249 g/mol. The number of alkyl carbamates (subject to hydrolysis) is 1. The van der Waals surface area contributed by atoms with Crippen molar-refractivity contribution in [1.82, 2.24) is 5.32 Å². The van der Waals surface area contributed by atoms with Crippen LogP contribution in [0.3, 0.4) is 0 Å². The SMILES string of the molecule is COC(=O)C[C@@H](NC(=O)OC)C(=O)OCCO. The molecule has 0 aliphatic rings. The Balaban J connectivity index is 4.42. The first-order valence-electron chi connectivity index (χ1n) is 4.74. The van der Waals surface area contributed by atoms with Gasteiger partial charge < -0.3 is 24.6 Å². The zero-order valence-electron chi connectivity index (χ0n) is 9.60. The Morgan fingerprint density at radius 1 is 1.24 bits per heavy atom. The first-order chi connectivity index (χ1) is 8.04. The second kappa shape index (κ2) is 8.34. The van der Waals surface area contributed by atoms with Crippen LogP contribution in [-0.2, 0) is 23.8 Å². The van der Waals surface area contributed by atoms with Gasteiger partial charge in [-0.25, -0.2) is 9.59 Å². The van der Waals surface area contributed by atoms with E-state index in [2.05, 4.69) is 19.5 Å². The number of hydrogen-bond donors (Lipinski definition) is 2. The van der Waals surface area contributed by atoms with E-state index >= 15 is 0 Å². The van der Waals surface area contributed by atoms with Gasteiger partial charge in [0.1, 0.15) is 12.6 Å². The Bertz CT molecular complexity index is 261. The molecule has 0 bridgehead atoms. The van der Waals surface area contributed by atoms with E-state index < -0.39 is 24.1 Å². The number of hydrogen-bond acceptors (Lipinski definition) is 7. The number of carbonyl (C=O) groups excluding carboxylic acids is 3. The van der Waals surface area contributed by atoms with Gasteiger partial charge in [-0.1, -0.05) is 0 Å². The summed E-state index contributed by atoms with van der Waals surface area (Å²) in [4.78, 5) is 33.3. The lowest BCUT2D eigenvalue weighted by Gasteiger charge is -2.15. The number of carbonyl (C=O) groups is 3. The molecule has 98 valence electrons. The van der Waals surface area contributed by atoms with E-state index in [4.69, 9.17) is 5.11 Å². The second-order valence-electron chi connectivity index (χ2n) is 2.86. The Kier molecular flexibility index (Phi) is 7.44. The molecule has 0 aromatic rings. The van der Waals surface area contributed by atoms with Gasteiger partial charge in [0.25, 0.3) is 0 Å². The van der Waals surface area contributed by atoms with Gasteiger partial charge in [0.2, 0.25) is 0 Å². The van der Waals surface area contributed by atoms with Gasteiger partial charge in [-0.15, -0.1) is 0 Å². The molecule has 0 unspecified atom stereocenters. The molecule has 0 saturated heterocycles. The first kappa shape index (κ1) is 15.2. The highest BCUT2D eigenvalue weighted by Crippen LogP contribution is 1.99. The zero-order valence-corrected chi connectivity index (χ0v) is 9.60. The van der Waals surface area contributed by atoms with E-state index in [1.165, 1.54) is 0 Å². The fourth-order valence-corrected chi connectivity index (χ4v) is 0.891. The topological polar surface area (TPSA) is 111 Å². The lowest BCUT2D eigenvalue weighted by Crippen LogP contribution is -2.43. The van der Waals surface area contributed by atoms with Crippen molar-refractivity contribution in [3.63, 3.8) is 0 Å². The van der Waals surface area contributed by atoms with Crippen LogP contribution in [0.4, 0.5) is 4.79 Å². The van der Waals surface area contributed by atoms with Crippen LogP contribution >= 0.6 is 0 Å². The van der Waals surface area contributed by atoms with Gasteiger partial charge in [-0.2, -0.15) is 0 Å². The summed E-state index contributed by atoms with van der Waals surface area (Å²) in [5.74, 6) is -1.54. The smallest absolute Gasteiger partial charge is 0.407 e. The summed E-state index contributed by atoms with van der Waals surface area (Å²) in [5, 5.41) is 10.6. The van der Waals surface area contributed by atoms with Crippen LogP contribution < -0.4 is 5.32 Å². The van der Waals surface area contributed by atoms with Crippen LogP contribution in [0.2, 0.25) is 0 Å². The minimum absolute atomic E-state index is 0.223. The highest BCUT2D eigenvalue weighted by Gasteiger charge is 2.26. The molecule has 1 atom stereocenters. The van der Waals surface area contributed by atoms with Crippen molar-refractivity contribution < 1.29 is 33.7 Å². The van der Waals surface area contributed by atoms with Crippen molar-refractivity contribution in [3.05, 3.63) is 0 Å². The van der Waals surface area contributed by atoms with Gasteiger partial charge in [0.05, 0.1) is 27.2 Å². The lowest BCUT2D eigenvalue weighted by molar-refractivity contribution is -0.152. The molecule has 0 aliphatic heterocycles. The molecule has 0 rings (SSSR count). The van der Waals surface area contributed by atoms with Crippen LogP contribution in [-0.4, -0.2) is 56.6 Å². The summed E-state index contributed by atoms with van der Waals surface area (Å²) in [5.41, 5.74) is 0. The molecule has 8 nitrogen and oxygen atoms in total. The molecule has 0 radical (unpaired) electrons. The van der Waals surface area contributed by atoms with Gasteiger partial charge >= 0.3 is 18.0 Å². The Hall–Kier alpha value is -1.83. The largest absolute Gasteiger partial charge is 0.469 e. The number of rotatable bonds is 6. The number of aliphatic hydroxyl groups is 1. The number of aliphatic hydroxyl groups excluding tert-OH is 1. The van der Waals surface area contributed by atoms with E-state index in [0.29, 0.717) is 0 Å². The third-order valence-corrected chi connectivity index (χ3v) is 1.70. The van der Waals surface area contributed by atoms with Gasteiger partial charge in [0, 0.05) is 0 Å². The maximum Gasteiger partial charge on any atom is 0.407 e. The molecule has 0 aliphatic carbocycles. The molecule has 0 heterocycles.